The maximum Gasteiger partial charge on any atom is 0.263 e. The Balaban J connectivity index is 1.05. The van der Waals surface area contributed by atoms with E-state index in [0.717, 1.165) is 60.5 Å². The topological polar surface area (TPSA) is 111 Å². The zero-order valence-corrected chi connectivity index (χ0v) is 19.6. The number of pyridine rings is 3. The molecule has 3 aliphatic heterocycles. The van der Waals surface area contributed by atoms with Crippen LogP contribution >= 0.6 is 0 Å². The summed E-state index contributed by atoms with van der Waals surface area (Å²) in [5, 5.41) is 6.39. The van der Waals surface area contributed by atoms with E-state index < -0.39 is 0 Å². The maximum absolute atomic E-state index is 11.5. The van der Waals surface area contributed by atoms with Crippen molar-refractivity contribution in [1.29, 1.82) is 0 Å². The minimum atomic E-state index is -0.169. The van der Waals surface area contributed by atoms with Crippen molar-refractivity contribution in [3.8, 4) is 17.4 Å². The predicted octanol–water partition coefficient (Wildman–Crippen LogP) is 2.09. The van der Waals surface area contributed by atoms with Crippen molar-refractivity contribution in [3.05, 3.63) is 41.7 Å². The van der Waals surface area contributed by atoms with Crippen LogP contribution in [0.5, 0.6) is 17.4 Å². The lowest BCUT2D eigenvalue weighted by Crippen LogP contribution is -2.43. The molecule has 10 nitrogen and oxygen atoms in total. The molecule has 3 aliphatic rings. The van der Waals surface area contributed by atoms with Crippen LogP contribution in [0.1, 0.15) is 30.0 Å². The highest BCUT2D eigenvalue weighted by Gasteiger charge is 2.31. The van der Waals surface area contributed by atoms with Gasteiger partial charge in [-0.2, -0.15) is 0 Å². The van der Waals surface area contributed by atoms with E-state index in [4.69, 9.17) is 14.2 Å². The molecule has 3 aromatic rings. The number of rotatable bonds is 6. The van der Waals surface area contributed by atoms with Crippen molar-refractivity contribution in [2.75, 3.05) is 45.3 Å². The highest BCUT2D eigenvalue weighted by Crippen LogP contribution is 2.39. The third-order valence-corrected chi connectivity index (χ3v) is 6.92. The van der Waals surface area contributed by atoms with E-state index >= 15 is 0 Å². The number of nitrogens with zero attached hydrogens (tertiary/aromatic N) is 4. The molecule has 2 N–H and O–H groups in total. The molecule has 0 radical (unpaired) electrons. The van der Waals surface area contributed by atoms with Crippen LogP contribution < -0.4 is 24.8 Å². The largest absolute Gasteiger partial charge is 0.491 e. The fraction of sp³-hybridized carbons (Fsp3) is 0.440. The number of ether oxygens (including phenoxy) is 3. The van der Waals surface area contributed by atoms with Crippen LogP contribution in [0, 0.1) is 0 Å². The maximum atomic E-state index is 11.5. The molecule has 1 unspecified atom stereocenters. The highest BCUT2D eigenvalue weighted by molar-refractivity contribution is 5.94. The number of anilines is 1. The van der Waals surface area contributed by atoms with E-state index in [1.807, 2.05) is 30.5 Å². The van der Waals surface area contributed by atoms with Gasteiger partial charge in [-0.05, 0) is 44.1 Å². The lowest BCUT2D eigenvalue weighted by atomic mass is 9.97. The minimum Gasteiger partial charge on any atom is -0.491 e. The number of hydrogen-bond donors (Lipinski definition) is 2. The van der Waals surface area contributed by atoms with Crippen LogP contribution in [-0.4, -0.2) is 71.8 Å². The zero-order valence-electron chi connectivity index (χ0n) is 19.6. The predicted molar refractivity (Wildman–Crippen MR) is 129 cm³/mol. The normalized spacial score (nSPS) is 20.0. The monoisotopic (exact) mass is 476 g/mol. The third-order valence-electron chi connectivity index (χ3n) is 6.92. The summed E-state index contributed by atoms with van der Waals surface area (Å²) in [4.78, 5) is 27.7. The molecule has 6 rings (SSSR count). The molecule has 1 amide bonds. The molecule has 1 atom stereocenters. The second-order valence-electron chi connectivity index (χ2n) is 9.21. The molecule has 1 saturated heterocycles. The number of amides is 1. The second kappa shape index (κ2) is 9.27. The number of carbonyl (C=O) groups is 1. The summed E-state index contributed by atoms with van der Waals surface area (Å²) in [5.74, 6) is 2.64. The summed E-state index contributed by atoms with van der Waals surface area (Å²) in [6, 6.07) is 8.03. The van der Waals surface area contributed by atoms with Crippen LogP contribution in [0.15, 0.2) is 30.5 Å². The van der Waals surface area contributed by atoms with Gasteiger partial charge in [0.2, 0.25) is 5.88 Å². The quantitative estimate of drug-likeness (QED) is 0.552. The molecule has 0 spiro atoms. The molecule has 6 heterocycles. The molecule has 10 heteroatoms. The van der Waals surface area contributed by atoms with E-state index in [9.17, 15) is 4.79 Å². The Morgan fingerprint density at radius 3 is 2.89 bits per heavy atom. The van der Waals surface area contributed by atoms with Crippen molar-refractivity contribution in [2.24, 2.45) is 0 Å². The summed E-state index contributed by atoms with van der Waals surface area (Å²) in [6.07, 6.45) is 3.94. The lowest BCUT2D eigenvalue weighted by molar-refractivity contribution is -0.118. The van der Waals surface area contributed by atoms with Gasteiger partial charge in [-0.3, -0.25) is 9.78 Å². The summed E-state index contributed by atoms with van der Waals surface area (Å²) < 4.78 is 16.7. The summed E-state index contributed by atoms with van der Waals surface area (Å²) >= 11 is 0. The van der Waals surface area contributed by atoms with Crippen molar-refractivity contribution in [2.45, 2.75) is 31.3 Å². The summed E-state index contributed by atoms with van der Waals surface area (Å²) in [5.41, 5.74) is 3.77. The van der Waals surface area contributed by atoms with Gasteiger partial charge in [-0.1, -0.05) is 0 Å². The number of carbonyl (C=O) groups excluding carboxylic acids is 1. The van der Waals surface area contributed by atoms with Gasteiger partial charge in [-0.25, -0.2) is 9.97 Å². The highest BCUT2D eigenvalue weighted by atomic mass is 16.5. The summed E-state index contributed by atoms with van der Waals surface area (Å²) in [7, 11) is 1.63. The number of likely N-dealkylation sites (tertiary alicyclic amines) is 1. The average Bonchev–Trinajstić information content (AvgIpc) is 3.30. The van der Waals surface area contributed by atoms with E-state index in [-0.39, 0.29) is 18.4 Å². The molecule has 35 heavy (non-hydrogen) atoms. The van der Waals surface area contributed by atoms with Crippen LogP contribution in [0.4, 0.5) is 5.82 Å². The van der Waals surface area contributed by atoms with E-state index in [0.29, 0.717) is 36.6 Å². The third kappa shape index (κ3) is 4.46. The smallest absolute Gasteiger partial charge is 0.263 e. The average molecular weight is 477 g/mol. The van der Waals surface area contributed by atoms with Crippen LogP contribution in [0.25, 0.3) is 11.0 Å². The first kappa shape index (κ1) is 22.0. The van der Waals surface area contributed by atoms with Crippen molar-refractivity contribution < 1.29 is 19.0 Å². The van der Waals surface area contributed by atoms with Gasteiger partial charge in [0.15, 0.2) is 18.2 Å². The first-order valence-electron chi connectivity index (χ1n) is 12.0. The van der Waals surface area contributed by atoms with Crippen molar-refractivity contribution >= 4 is 22.8 Å². The first-order chi connectivity index (χ1) is 17.2. The van der Waals surface area contributed by atoms with Gasteiger partial charge in [0, 0.05) is 36.7 Å². The van der Waals surface area contributed by atoms with E-state index in [1.165, 1.54) is 0 Å². The molecular formula is C25H28N6O4. The Labute approximate surface area is 203 Å². The molecule has 0 aliphatic carbocycles. The molecule has 0 bridgehead atoms. The fourth-order valence-electron chi connectivity index (χ4n) is 5.07. The Kier molecular flexibility index (Phi) is 5.83. The fourth-order valence-corrected chi connectivity index (χ4v) is 5.07. The first-order valence-corrected chi connectivity index (χ1v) is 12.0. The molecule has 182 valence electrons. The van der Waals surface area contributed by atoms with Crippen molar-refractivity contribution in [3.63, 3.8) is 0 Å². The lowest BCUT2D eigenvalue weighted by Gasteiger charge is -2.33. The number of methoxy groups -OCH3 is 1. The Hall–Kier alpha value is -3.50. The number of piperidine rings is 1. The van der Waals surface area contributed by atoms with Gasteiger partial charge in [0.25, 0.3) is 5.91 Å². The van der Waals surface area contributed by atoms with Gasteiger partial charge in [0.05, 0.1) is 31.1 Å². The van der Waals surface area contributed by atoms with Gasteiger partial charge < -0.3 is 29.7 Å². The van der Waals surface area contributed by atoms with Crippen LogP contribution in [0.3, 0.4) is 0 Å². The SMILES string of the molecule is COc1ccc2ncc3c(c2n1)C(CN1CCC(NCc2ccc4c(n2)NC(=O)CO4)CC1)CO3. The van der Waals surface area contributed by atoms with E-state index in [1.54, 1.807) is 7.11 Å². The molecule has 0 saturated carbocycles. The minimum absolute atomic E-state index is 0.0429. The number of hydrogen-bond acceptors (Lipinski definition) is 9. The van der Waals surface area contributed by atoms with Gasteiger partial charge in [-0.15, -0.1) is 0 Å². The van der Waals surface area contributed by atoms with E-state index in [2.05, 4.69) is 30.5 Å². The number of aromatic nitrogens is 3. The Bertz CT molecular complexity index is 1260. The zero-order chi connectivity index (χ0) is 23.8. The molecular weight excluding hydrogens is 448 g/mol. The Morgan fingerprint density at radius 2 is 2.03 bits per heavy atom. The number of fused-ring (bicyclic) bond motifs is 4. The standard InChI is InChI=1S/C25H28N6O4/c1-33-22-5-3-18-24(30-22)23-15(13-34-20(23)11-27-18)12-31-8-6-16(7-9-31)26-10-17-2-4-19-25(28-17)29-21(32)14-35-19/h2-5,11,15-16,26H,6-10,12-14H2,1H3,(H,28,29,32). The summed E-state index contributed by atoms with van der Waals surface area (Å²) in [6.45, 7) is 4.32. The van der Waals surface area contributed by atoms with Crippen molar-refractivity contribution in [1.82, 2.24) is 25.2 Å². The Morgan fingerprint density at radius 1 is 1.14 bits per heavy atom. The van der Waals surface area contributed by atoms with Gasteiger partial charge in [0.1, 0.15) is 11.3 Å². The van der Waals surface area contributed by atoms with Gasteiger partial charge >= 0.3 is 0 Å². The molecule has 3 aromatic heterocycles. The molecule has 1 fully saturated rings. The molecule has 0 aromatic carbocycles. The second-order valence-corrected chi connectivity index (χ2v) is 9.21. The van der Waals surface area contributed by atoms with Crippen LogP contribution in [0.2, 0.25) is 0 Å². The number of nitrogens with one attached hydrogen (secondary N) is 2. The van der Waals surface area contributed by atoms with Crippen LogP contribution in [-0.2, 0) is 11.3 Å².